The van der Waals surface area contributed by atoms with E-state index in [1.54, 1.807) is 25.3 Å². The third kappa shape index (κ3) is 4.10. The molecule has 8 nitrogen and oxygen atoms in total. The van der Waals surface area contributed by atoms with Crippen LogP contribution in [0.4, 0.5) is 5.69 Å². The molecule has 2 aromatic rings. The van der Waals surface area contributed by atoms with Crippen molar-refractivity contribution in [3.05, 3.63) is 31.0 Å². The summed E-state index contributed by atoms with van der Waals surface area (Å²) in [5, 5.41) is 6.67. The molecular formula is C13H15N5O3. The summed E-state index contributed by atoms with van der Waals surface area (Å²) in [6.07, 6.45) is 4.53. The second-order valence-corrected chi connectivity index (χ2v) is 4.07. The Morgan fingerprint density at radius 1 is 1.38 bits per heavy atom. The van der Waals surface area contributed by atoms with Crippen molar-refractivity contribution in [1.29, 1.82) is 0 Å². The molecular weight excluding hydrogens is 274 g/mol. The van der Waals surface area contributed by atoms with Crippen LogP contribution < -0.4 is 5.32 Å². The van der Waals surface area contributed by atoms with Gasteiger partial charge in [0.2, 0.25) is 5.91 Å². The van der Waals surface area contributed by atoms with E-state index >= 15 is 0 Å². The summed E-state index contributed by atoms with van der Waals surface area (Å²) in [7, 11) is 0. The number of carbonyl (C=O) groups is 2. The van der Waals surface area contributed by atoms with Crippen LogP contribution in [-0.4, -0.2) is 38.2 Å². The quantitative estimate of drug-likeness (QED) is 0.795. The predicted octanol–water partition coefficient (Wildman–Crippen LogP) is 0.944. The number of nitrogens with one attached hydrogen (secondary N) is 1. The first-order chi connectivity index (χ1) is 10.2. The topological polar surface area (TPSA) is 99.0 Å². The van der Waals surface area contributed by atoms with Crippen molar-refractivity contribution < 1.29 is 14.3 Å². The lowest BCUT2D eigenvalue weighted by molar-refractivity contribution is -0.144. The van der Waals surface area contributed by atoms with Gasteiger partial charge in [0.05, 0.1) is 18.7 Å². The predicted molar refractivity (Wildman–Crippen MR) is 73.7 cm³/mol. The molecule has 0 saturated heterocycles. The number of pyridine rings is 1. The Bertz CT molecular complexity index is 612. The van der Waals surface area contributed by atoms with Crippen LogP contribution in [0.15, 0.2) is 31.0 Å². The van der Waals surface area contributed by atoms with E-state index in [2.05, 4.69) is 20.4 Å². The van der Waals surface area contributed by atoms with Gasteiger partial charge in [0.25, 0.3) is 0 Å². The molecule has 1 amide bonds. The summed E-state index contributed by atoms with van der Waals surface area (Å²) in [5.41, 5.74) is 0.497. The van der Waals surface area contributed by atoms with Gasteiger partial charge in [0.1, 0.15) is 12.7 Å². The van der Waals surface area contributed by atoms with Crippen LogP contribution in [0, 0.1) is 0 Å². The molecule has 0 aliphatic heterocycles. The summed E-state index contributed by atoms with van der Waals surface area (Å²) >= 11 is 0. The zero-order valence-corrected chi connectivity index (χ0v) is 11.5. The summed E-state index contributed by atoms with van der Waals surface area (Å²) in [4.78, 5) is 31.1. The van der Waals surface area contributed by atoms with Gasteiger partial charge in [-0.2, -0.15) is 5.10 Å². The molecule has 0 radical (unpaired) electrons. The highest BCUT2D eigenvalue weighted by Crippen LogP contribution is 2.16. The van der Waals surface area contributed by atoms with E-state index in [4.69, 9.17) is 4.74 Å². The number of anilines is 1. The van der Waals surface area contributed by atoms with Gasteiger partial charge in [-0.05, 0) is 19.1 Å². The lowest BCUT2D eigenvalue weighted by atomic mass is 10.3. The average Bonchev–Trinajstić information content (AvgIpc) is 3.00. The van der Waals surface area contributed by atoms with Crippen LogP contribution in [-0.2, 0) is 14.3 Å². The van der Waals surface area contributed by atoms with Crippen LogP contribution >= 0.6 is 0 Å². The molecule has 0 aliphatic carbocycles. The van der Waals surface area contributed by atoms with Gasteiger partial charge in [-0.15, -0.1) is 0 Å². The zero-order valence-electron chi connectivity index (χ0n) is 11.5. The lowest BCUT2D eigenvalue weighted by Gasteiger charge is -2.09. The smallest absolute Gasteiger partial charge is 0.306 e. The van der Waals surface area contributed by atoms with Gasteiger partial charge in [-0.25, -0.2) is 14.6 Å². The van der Waals surface area contributed by atoms with E-state index in [9.17, 15) is 9.59 Å². The Hall–Kier alpha value is -2.77. The Morgan fingerprint density at radius 2 is 2.24 bits per heavy atom. The number of esters is 1. The molecule has 0 unspecified atom stereocenters. The minimum absolute atomic E-state index is 0.0403. The third-order valence-corrected chi connectivity index (χ3v) is 2.56. The van der Waals surface area contributed by atoms with Crippen LogP contribution in [0.5, 0.6) is 0 Å². The molecule has 110 valence electrons. The van der Waals surface area contributed by atoms with E-state index in [0.717, 1.165) is 0 Å². The molecule has 0 spiro atoms. The van der Waals surface area contributed by atoms with Crippen molar-refractivity contribution in [2.24, 2.45) is 0 Å². The van der Waals surface area contributed by atoms with Gasteiger partial charge >= 0.3 is 5.97 Å². The molecule has 0 atom stereocenters. The number of hydrogen-bond acceptors (Lipinski definition) is 6. The highest BCUT2D eigenvalue weighted by molar-refractivity contribution is 5.93. The maximum atomic E-state index is 11.9. The van der Waals surface area contributed by atoms with Gasteiger partial charge in [0.15, 0.2) is 5.82 Å². The molecule has 2 rings (SSSR count). The number of nitrogens with zero attached hydrogens (tertiary/aromatic N) is 4. The largest absolute Gasteiger partial charge is 0.466 e. The maximum Gasteiger partial charge on any atom is 0.306 e. The number of hydrogen-bond donors (Lipinski definition) is 1. The summed E-state index contributed by atoms with van der Waals surface area (Å²) in [5.74, 6) is -0.229. The van der Waals surface area contributed by atoms with Crippen molar-refractivity contribution >= 4 is 17.6 Å². The van der Waals surface area contributed by atoms with Crippen LogP contribution in [0.3, 0.4) is 0 Å². The molecule has 0 aromatic carbocycles. The van der Waals surface area contributed by atoms with E-state index < -0.39 is 5.97 Å². The van der Waals surface area contributed by atoms with Crippen LogP contribution in [0.1, 0.15) is 19.8 Å². The Labute approximate surface area is 121 Å². The third-order valence-electron chi connectivity index (χ3n) is 2.56. The SMILES string of the molecule is CCOC(=O)CCC(=O)Nc1cccnc1-n1cncn1. The second-order valence-electron chi connectivity index (χ2n) is 4.07. The van der Waals surface area contributed by atoms with E-state index in [1.165, 1.54) is 17.3 Å². The number of rotatable bonds is 6. The summed E-state index contributed by atoms with van der Waals surface area (Å²) < 4.78 is 6.22. The Balaban J connectivity index is 2.00. The van der Waals surface area contributed by atoms with Crippen molar-refractivity contribution in [2.45, 2.75) is 19.8 Å². The fourth-order valence-corrected chi connectivity index (χ4v) is 1.66. The maximum absolute atomic E-state index is 11.9. The molecule has 0 bridgehead atoms. The molecule has 0 aliphatic rings. The number of carbonyl (C=O) groups excluding carboxylic acids is 2. The monoisotopic (exact) mass is 289 g/mol. The van der Waals surface area contributed by atoms with Gasteiger partial charge in [-0.3, -0.25) is 9.59 Å². The molecule has 1 N–H and O–H groups in total. The zero-order chi connectivity index (χ0) is 15.1. The molecule has 0 saturated carbocycles. The second kappa shape index (κ2) is 7.13. The van der Waals surface area contributed by atoms with Crippen LogP contribution in [0.2, 0.25) is 0 Å². The molecule has 2 aromatic heterocycles. The Morgan fingerprint density at radius 3 is 2.95 bits per heavy atom. The van der Waals surface area contributed by atoms with Crippen molar-refractivity contribution in [1.82, 2.24) is 19.7 Å². The average molecular weight is 289 g/mol. The van der Waals surface area contributed by atoms with Crippen molar-refractivity contribution in [3.8, 4) is 5.82 Å². The summed E-state index contributed by atoms with van der Waals surface area (Å²) in [6.45, 7) is 2.03. The molecule has 21 heavy (non-hydrogen) atoms. The normalized spacial score (nSPS) is 10.1. The van der Waals surface area contributed by atoms with Gasteiger partial charge < -0.3 is 10.1 Å². The minimum atomic E-state index is -0.393. The van der Waals surface area contributed by atoms with Gasteiger partial charge in [0, 0.05) is 12.6 Å². The standard InChI is InChI=1S/C13H15N5O3/c1-2-21-12(20)6-5-11(19)17-10-4-3-7-15-13(10)18-9-14-8-16-18/h3-4,7-9H,2,5-6H2,1H3,(H,17,19). The van der Waals surface area contributed by atoms with Gasteiger partial charge in [-0.1, -0.05) is 0 Å². The number of amides is 1. The fraction of sp³-hybridized carbons (Fsp3) is 0.308. The fourth-order valence-electron chi connectivity index (χ4n) is 1.66. The van der Waals surface area contributed by atoms with Crippen molar-refractivity contribution in [3.63, 3.8) is 0 Å². The van der Waals surface area contributed by atoms with E-state index in [-0.39, 0.29) is 18.7 Å². The highest BCUT2D eigenvalue weighted by Gasteiger charge is 2.11. The first-order valence-electron chi connectivity index (χ1n) is 6.46. The van der Waals surface area contributed by atoms with Crippen LogP contribution in [0.25, 0.3) is 5.82 Å². The first kappa shape index (κ1) is 14.6. The Kier molecular flexibility index (Phi) is 4.97. The summed E-state index contributed by atoms with van der Waals surface area (Å²) in [6, 6.07) is 3.40. The van der Waals surface area contributed by atoms with E-state index in [0.29, 0.717) is 18.1 Å². The first-order valence-corrected chi connectivity index (χ1v) is 6.46. The number of aromatic nitrogens is 4. The van der Waals surface area contributed by atoms with Crippen molar-refractivity contribution in [2.75, 3.05) is 11.9 Å². The highest BCUT2D eigenvalue weighted by atomic mass is 16.5. The minimum Gasteiger partial charge on any atom is -0.466 e. The lowest BCUT2D eigenvalue weighted by Crippen LogP contribution is -2.16. The molecule has 2 heterocycles. The van der Waals surface area contributed by atoms with E-state index in [1.807, 2.05) is 0 Å². The molecule has 0 fully saturated rings. The number of ether oxygens (including phenoxy) is 1. The molecule has 8 heteroatoms.